The lowest BCUT2D eigenvalue weighted by Gasteiger charge is -2.15. The fourth-order valence-electron chi connectivity index (χ4n) is 2.32. The zero-order valence-electron chi connectivity index (χ0n) is 11.4. The normalized spacial score (nSPS) is 12.8. The van der Waals surface area contributed by atoms with E-state index in [4.69, 9.17) is 23.2 Å². The van der Waals surface area contributed by atoms with Crippen LogP contribution in [0.25, 0.3) is 11.0 Å². The van der Waals surface area contributed by atoms with Crippen LogP contribution in [0, 0.1) is 6.92 Å². The van der Waals surface area contributed by atoms with Gasteiger partial charge in [0.15, 0.2) is 0 Å². The van der Waals surface area contributed by atoms with Gasteiger partial charge in [0.05, 0.1) is 11.6 Å². The molecule has 1 aromatic heterocycles. The molecule has 0 saturated carbocycles. The molecule has 6 heteroatoms. The first-order valence-electron chi connectivity index (χ1n) is 6.43. The van der Waals surface area contributed by atoms with E-state index >= 15 is 0 Å². The van der Waals surface area contributed by atoms with Gasteiger partial charge in [-0.25, -0.2) is 4.68 Å². The van der Waals surface area contributed by atoms with Crippen LogP contribution in [0.15, 0.2) is 34.8 Å². The summed E-state index contributed by atoms with van der Waals surface area (Å²) in [6, 6.07) is 9.51. The third-order valence-corrected chi connectivity index (χ3v) is 4.95. The quantitative estimate of drug-likeness (QED) is 0.590. The Morgan fingerprint density at radius 2 is 1.95 bits per heavy atom. The maximum Gasteiger partial charge on any atom is 0.113 e. The molecule has 0 unspecified atom stereocenters. The standard InChI is InChI=1S/C15H12BrCl2N3/c1-8-5-14-15(7-12(8)16)21(20-19-14)9(2)11-4-3-10(17)6-13(11)18/h3-7,9H,1-2H3/t9-/m1/s1. The van der Waals surface area contributed by atoms with E-state index in [0.29, 0.717) is 10.0 Å². The second kappa shape index (κ2) is 5.59. The first-order valence-corrected chi connectivity index (χ1v) is 7.98. The molecular formula is C15H12BrCl2N3. The maximum absolute atomic E-state index is 6.29. The van der Waals surface area contributed by atoms with Gasteiger partial charge < -0.3 is 0 Å². The van der Waals surface area contributed by atoms with Crippen molar-refractivity contribution in [2.24, 2.45) is 0 Å². The molecule has 3 aromatic rings. The van der Waals surface area contributed by atoms with E-state index in [1.807, 2.05) is 42.8 Å². The molecule has 0 aliphatic carbocycles. The fraction of sp³-hybridized carbons (Fsp3) is 0.200. The number of halogens is 3. The molecule has 0 aliphatic heterocycles. The van der Waals surface area contributed by atoms with E-state index in [0.717, 1.165) is 26.6 Å². The first kappa shape index (κ1) is 14.8. The second-order valence-corrected chi connectivity index (χ2v) is 6.66. The van der Waals surface area contributed by atoms with Crippen molar-refractivity contribution in [3.05, 3.63) is 56.0 Å². The van der Waals surface area contributed by atoms with E-state index in [2.05, 4.69) is 26.2 Å². The SMILES string of the molecule is Cc1cc2nnn([C@H](C)c3ccc(Cl)cc3Cl)c2cc1Br. The van der Waals surface area contributed by atoms with Crippen molar-refractivity contribution in [3.63, 3.8) is 0 Å². The molecule has 21 heavy (non-hydrogen) atoms. The first-order chi connectivity index (χ1) is 9.97. The van der Waals surface area contributed by atoms with Crippen molar-refractivity contribution in [1.29, 1.82) is 0 Å². The molecular weight excluding hydrogens is 373 g/mol. The molecule has 0 radical (unpaired) electrons. The van der Waals surface area contributed by atoms with Gasteiger partial charge in [-0.15, -0.1) is 5.10 Å². The highest BCUT2D eigenvalue weighted by Gasteiger charge is 2.17. The molecule has 1 atom stereocenters. The molecule has 0 N–H and O–H groups in total. The Hall–Kier alpha value is -1.10. The number of fused-ring (bicyclic) bond motifs is 1. The Balaban J connectivity index is 2.13. The van der Waals surface area contributed by atoms with Crippen LogP contribution in [0.1, 0.15) is 24.1 Å². The lowest BCUT2D eigenvalue weighted by Crippen LogP contribution is -2.09. The van der Waals surface area contributed by atoms with E-state index in [9.17, 15) is 0 Å². The summed E-state index contributed by atoms with van der Waals surface area (Å²) in [6.45, 7) is 4.07. The molecule has 0 spiro atoms. The van der Waals surface area contributed by atoms with E-state index < -0.39 is 0 Å². The highest BCUT2D eigenvalue weighted by Crippen LogP contribution is 2.31. The number of nitrogens with zero attached hydrogens (tertiary/aromatic N) is 3. The molecule has 0 saturated heterocycles. The summed E-state index contributed by atoms with van der Waals surface area (Å²) in [4.78, 5) is 0. The molecule has 0 fully saturated rings. The van der Waals surface area contributed by atoms with Crippen LogP contribution < -0.4 is 0 Å². The Kier molecular flexibility index (Phi) is 3.95. The number of aromatic nitrogens is 3. The van der Waals surface area contributed by atoms with Crippen molar-refractivity contribution in [3.8, 4) is 0 Å². The van der Waals surface area contributed by atoms with Crippen LogP contribution >= 0.6 is 39.1 Å². The van der Waals surface area contributed by atoms with Gasteiger partial charge in [0, 0.05) is 14.5 Å². The van der Waals surface area contributed by atoms with Crippen molar-refractivity contribution < 1.29 is 0 Å². The average molecular weight is 385 g/mol. The van der Waals surface area contributed by atoms with Crippen LogP contribution in [0.5, 0.6) is 0 Å². The predicted molar refractivity (Wildman–Crippen MR) is 90.2 cm³/mol. The fourth-order valence-corrected chi connectivity index (χ4v) is 3.22. The molecule has 0 aliphatic rings. The van der Waals surface area contributed by atoms with Gasteiger partial charge in [0.2, 0.25) is 0 Å². The molecule has 108 valence electrons. The van der Waals surface area contributed by atoms with Gasteiger partial charge in [-0.05, 0) is 49.2 Å². The predicted octanol–water partition coefficient (Wildman–Crippen LogP) is 5.42. The van der Waals surface area contributed by atoms with Gasteiger partial charge >= 0.3 is 0 Å². The minimum absolute atomic E-state index is 0.0330. The lowest BCUT2D eigenvalue weighted by molar-refractivity contribution is 0.560. The smallest absolute Gasteiger partial charge is 0.113 e. The molecule has 3 nitrogen and oxygen atoms in total. The monoisotopic (exact) mass is 383 g/mol. The third kappa shape index (κ3) is 2.68. The van der Waals surface area contributed by atoms with Gasteiger partial charge in [-0.3, -0.25) is 0 Å². The maximum atomic E-state index is 6.29. The van der Waals surface area contributed by atoms with Crippen molar-refractivity contribution >= 4 is 50.2 Å². The molecule has 0 bridgehead atoms. The summed E-state index contributed by atoms with van der Waals surface area (Å²) in [5.74, 6) is 0. The van der Waals surface area contributed by atoms with E-state index in [1.165, 1.54) is 0 Å². The lowest BCUT2D eigenvalue weighted by atomic mass is 10.1. The summed E-state index contributed by atoms with van der Waals surface area (Å²) in [5, 5.41) is 9.76. The van der Waals surface area contributed by atoms with Crippen molar-refractivity contribution in [2.45, 2.75) is 19.9 Å². The van der Waals surface area contributed by atoms with Crippen LogP contribution in [-0.4, -0.2) is 15.0 Å². The van der Waals surface area contributed by atoms with Crippen molar-refractivity contribution in [1.82, 2.24) is 15.0 Å². The van der Waals surface area contributed by atoms with Gasteiger partial charge in [0.25, 0.3) is 0 Å². The second-order valence-electron chi connectivity index (χ2n) is 4.97. The van der Waals surface area contributed by atoms with E-state index in [1.54, 1.807) is 6.07 Å². The summed E-state index contributed by atoms with van der Waals surface area (Å²) in [7, 11) is 0. The Bertz CT molecular complexity index is 829. The Morgan fingerprint density at radius 1 is 1.19 bits per heavy atom. The summed E-state index contributed by atoms with van der Waals surface area (Å²) in [5.41, 5.74) is 3.93. The Labute approximate surface area is 141 Å². The molecule has 1 heterocycles. The van der Waals surface area contributed by atoms with Crippen LogP contribution in [0.3, 0.4) is 0 Å². The molecule has 3 rings (SSSR count). The zero-order chi connectivity index (χ0) is 15.1. The minimum Gasteiger partial charge on any atom is -0.237 e. The number of benzene rings is 2. The molecule has 2 aromatic carbocycles. The van der Waals surface area contributed by atoms with Gasteiger partial charge in [-0.1, -0.05) is 50.4 Å². The van der Waals surface area contributed by atoms with Crippen LogP contribution in [0.4, 0.5) is 0 Å². The minimum atomic E-state index is -0.0330. The number of hydrogen-bond donors (Lipinski definition) is 0. The van der Waals surface area contributed by atoms with E-state index in [-0.39, 0.29) is 6.04 Å². The Morgan fingerprint density at radius 3 is 2.67 bits per heavy atom. The highest BCUT2D eigenvalue weighted by molar-refractivity contribution is 9.10. The largest absolute Gasteiger partial charge is 0.237 e. The van der Waals surface area contributed by atoms with Crippen LogP contribution in [0.2, 0.25) is 10.0 Å². The number of hydrogen-bond acceptors (Lipinski definition) is 2. The summed E-state index contributed by atoms with van der Waals surface area (Å²) in [6.07, 6.45) is 0. The van der Waals surface area contributed by atoms with Gasteiger partial charge in [-0.2, -0.15) is 0 Å². The zero-order valence-corrected chi connectivity index (χ0v) is 14.5. The molecule has 0 amide bonds. The van der Waals surface area contributed by atoms with Gasteiger partial charge in [0.1, 0.15) is 5.52 Å². The third-order valence-electron chi connectivity index (χ3n) is 3.53. The summed E-state index contributed by atoms with van der Waals surface area (Å²) >= 11 is 15.8. The topological polar surface area (TPSA) is 30.7 Å². The number of rotatable bonds is 2. The van der Waals surface area contributed by atoms with Crippen molar-refractivity contribution in [2.75, 3.05) is 0 Å². The average Bonchev–Trinajstić information content (AvgIpc) is 2.81. The summed E-state index contributed by atoms with van der Waals surface area (Å²) < 4.78 is 2.90. The number of aryl methyl sites for hydroxylation is 1. The van der Waals surface area contributed by atoms with Crippen LogP contribution in [-0.2, 0) is 0 Å². The highest BCUT2D eigenvalue weighted by atomic mass is 79.9.